The van der Waals surface area contributed by atoms with Crippen LogP contribution < -0.4 is 10.2 Å². The van der Waals surface area contributed by atoms with Crippen molar-refractivity contribution in [2.24, 2.45) is 5.92 Å². The minimum absolute atomic E-state index is 0.0461. The summed E-state index contributed by atoms with van der Waals surface area (Å²) in [4.78, 5) is 24.4. The Balaban J connectivity index is 1.42. The van der Waals surface area contributed by atoms with Crippen LogP contribution in [0.3, 0.4) is 0 Å². The summed E-state index contributed by atoms with van der Waals surface area (Å²) >= 11 is 0. The maximum Gasteiger partial charge on any atom is 0.225 e. The van der Waals surface area contributed by atoms with Crippen LogP contribution in [-0.4, -0.2) is 35.0 Å². The van der Waals surface area contributed by atoms with Gasteiger partial charge in [-0.2, -0.15) is 0 Å². The van der Waals surface area contributed by atoms with Crippen LogP contribution >= 0.6 is 0 Å². The molecule has 154 valence electrons. The van der Waals surface area contributed by atoms with E-state index in [1.165, 1.54) is 31.2 Å². The summed E-state index contributed by atoms with van der Waals surface area (Å²) in [5, 5.41) is 3.34. The van der Waals surface area contributed by atoms with Crippen molar-refractivity contribution < 1.29 is 4.79 Å². The SMILES string of the molecule is Cc1ccc(-c2nccc(N3CCCC(C(=O)NC4CCCCCC4)C3)n2)cc1. The molecule has 29 heavy (non-hydrogen) atoms. The first-order valence-electron chi connectivity index (χ1n) is 11.1. The number of hydrogen-bond donors (Lipinski definition) is 1. The average Bonchev–Trinajstić information content (AvgIpc) is 3.03. The lowest BCUT2D eigenvalue weighted by Gasteiger charge is -2.33. The van der Waals surface area contributed by atoms with Crippen molar-refractivity contribution in [3.63, 3.8) is 0 Å². The van der Waals surface area contributed by atoms with Gasteiger partial charge in [-0.3, -0.25) is 4.79 Å². The first kappa shape index (κ1) is 19.9. The lowest BCUT2D eigenvalue weighted by Crippen LogP contribution is -2.46. The van der Waals surface area contributed by atoms with Gasteiger partial charge >= 0.3 is 0 Å². The van der Waals surface area contributed by atoms with Gasteiger partial charge in [0.2, 0.25) is 5.91 Å². The number of rotatable bonds is 4. The van der Waals surface area contributed by atoms with Crippen LogP contribution in [0.4, 0.5) is 5.82 Å². The first-order chi connectivity index (χ1) is 14.2. The number of piperidine rings is 1. The zero-order chi connectivity index (χ0) is 20.1. The molecule has 1 amide bonds. The van der Waals surface area contributed by atoms with Crippen LogP contribution in [0.15, 0.2) is 36.5 Å². The molecule has 2 aromatic rings. The maximum atomic E-state index is 12.9. The van der Waals surface area contributed by atoms with Crippen molar-refractivity contribution >= 4 is 11.7 Å². The molecule has 1 N–H and O–H groups in total. The second kappa shape index (κ2) is 9.38. The third kappa shape index (κ3) is 5.14. The standard InChI is InChI=1S/C24H32N4O/c1-18-10-12-19(13-11-18)23-25-15-14-22(27-23)28-16-6-7-20(17-28)24(29)26-21-8-4-2-3-5-9-21/h10-15,20-21H,2-9,16-17H2,1H3,(H,26,29). The minimum Gasteiger partial charge on any atom is -0.356 e. The van der Waals surface area contributed by atoms with E-state index in [0.717, 1.165) is 56.0 Å². The highest BCUT2D eigenvalue weighted by molar-refractivity contribution is 5.80. The van der Waals surface area contributed by atoms with Gasteiger partial charge in [0.1, 0.15) is 5.82 Å². The van der Waals surface area contributed by atoms with Crippen LogP contribution in [0, 0.1) is 12.8 Å². The normalized spacial score (nSPS) is 20.9. The van der Waals surface area contributed by atoms with Gasteiger partial charge in [-0.1, -0.05) is 55.5 Å². The molecule has 1 saturated carbocycles. The maximum absolute atomic E-state index is 12.9. The van der Waals surface area contributed by atoms with Crippen LogP contribution in [0.5, 0.6) is 0 Å². The van der Waals surface area contributed by atoms with E-state index in [1.807, 2.05) is 12.3 Å². The number of nitrogens with one attached hydrogen (secondary N) is 1. The van der Waals surface area contributed by atoms with E-state index < -0.39 is 0 Å². The Morgan fingerprint density at radius 3 is 2.52 bits per heavy atom. The number of aryl methyl sites for hydroxylation is 1. The van der Waals surface area contributed by atoms with Crippen molar-refractivity contribution in [3.8, 4) is 11.4 Å². The van der Waals surface area contributed by atoms with Crippen LogP contribution in [-0.2, 0) is 4.79 Å². The third-order valence-electron chi connectivity index (χ3n) is 6.27. The second-order valence-corrected chi connectivity index (χ2v) is 8.59. The van der Waals surface area contributed by atoms with Crippen LogP contribution in [0.25, 0.3) is 11.4 Å². The van der Waals surface area contributed by atoms with Gasteiger partial charge in [0, 0.05) is 30.9 Å². The molecule has 2 heterocycles. The number of anilines is 1. The first-order valence-corrected chi connectivity index (χ1v) is 11.1. The summed E-state index contributed by atoms with van der Waals surface area (Å²) in [6.07, 6.45) is 11.2. The van der Waals surface area contributed by atoms with E-state index in [9.17, 15) is 4.79 Å². The number of hydrogen-bond acceptors (Lipinski definition) is 4. The summed E-state index contributed by atoms with van der Waals surface area (Å²) in [7, 11) is 0. The third-order valence-corrected chi connectivity index (χ3v) is 6.27. The quantitative estimate of drug-likeness (QED) is 0.778. The number of amides is 1. The number of carbonyl (C=O) groups is 1. The molecule has 1 aromatic heterocycles. The molecule has 1 atom stereocenters. The largest absolute Gasteiger partial charge is 0.356 e. The summed E-state index contributed by atoms with van der Waals surface area (Å²) in [6.45, 7) is 3.76. The topological polar surface area (TPSA) is 58.1 Å². The van der Waals surface area contributed by atoms with Gasteiger partial charge in [-0.25, -0.2) is 9.97 Å². The van der Waals surface area contributed by atoms with E-state index in [-0.39, 0.29) is 11.8 Å². The molecule has 1 aliphatic carbocycles. The molecule has 2 fully saturated rings. The zero-order valence-electron chi connectivity index (χ0n) is 17.4. The number of aromatic nitrogens is 2. The van der Waals surface area contributed by atoms with Crippen molar-refractivity contribution in [2.75, 3.05) is 18.0 Å². The van der Waals surface area contributed by atoms with Gasteiger partial charge in [0.05, 0.1) is 5.92 Å². The van der Waals surface area contributed by atoms with Gasteiger partial charge in [0.15, 0.2) is 5.82 Å². The fourth-order valence-electron chi connectivity index (χ4n) is 4.51. The highest BCUT2D eigenvalue weighted by Gasteiger charge is 2.28. The Kier molecular flexibility index (Phi) is 6.43. The predicted molar refractivity (Wildman–Crippen MR) is 117 cm³/mol. The van der Waals surface area contributed by atoms with Crippen LogP contribution in [0.1, 0.15) is 56.9 Å². The molecule has 1 unspecified atom stereocenters. The van der Waals surface area contributed by atoms with E-state index >= 15 is 0 Å². The predicted octanol–water partition coefficient (Wildman–Crippen LogP) is 4.51. The molecular weight excluding hydrogens is 360 g/mol. The zero-order valence-corrected chi connectivity index (χ0v) is 17.4. The molecule has 0 spiro atoms. The van der Waals surface area contributed by atoms with E-state index in [2.05, 4.69) is 46.4 Å². The molecular formula is C24H32N4O. The van der Waals surface area contributed by atoms with E-state index in [1.54, 1.807) is 0 Å². The summed E-state index contributed by atoms with van der Waals surface area (Å²) in [6, 6.07) is 10.6. The van der Waals surface area contributed by atoms with Gasteiger partial charge in [-0.15, -0.1) is 0 Å². The number of nitrogens with zero attached hydrogens (tertiary/aromatic N) is 3. The van der Waals surface area contributed by atoms with Crippen LogP contribution in [0.2, 0.25) is 0 Å². The van der Waals surface area contributed by atoms with E-state index in [4.69, 9.17) is 4.98 Å². The molecule has 4 rings (SSSR count). The van der Waals surface area contributed by atoms with Gasteiger partial charge < -0.3 is 10.2 Å². The highest BCUT2D eigenvalue weighted by Crippen LogP contribution is 2.25. The van der Waals surface area contributed by atoms with Gasteiger partial charge in [-0.05, 0) is 38.7 Å². The van der Waals surface area contributed by atoms with Crippen molar-refractivity contribution in [1.82, 2.24) is 15.3 Å². The molecule has 1 aliphatic heterocycles. The summed E-state index contributed by atoms with van der Waals surface area (Å²) < 4.78 is 0. The van der Waals surface area contributed by atoms with E-state index in [0.29, 0.717) is 6.04 Å². The van der Waals surface area contributed by atoms with Crippen molar-refractivity contribution in [1.29, 1.82) is 0 Å². The lowest BCUT2D eigenvalue weighted by atomic mass is 9.96. The molecule has 5 heteroatoms. The van der Waals surface area contributed by atoms with Crippen molar-refractivity contribution in [2.45, 2.75) is 64.3 Å². The fraction of sp³-hybridized carbons (Fsp3) is 0.542. The molecule has 1 saturated heterocycles. The molecule has 1 aromatic carbocycles. The average molecular weight is 393 g/mol. The Bertz CT molecular complexity index is 812. The summed E-state index contributed by atoms with van der Waals surface area (Å²) in [5.74, 6) is 1.94. The van der Waals surface area contributed by atoms with Crippen molar-refractivity contribution in [3.05, 3.63) is 42.1 Å². The Hall–Kier alpha value is -2.43. The lowest BCUT2D eigenvalue weighted by molar-refractivity contribution is -0.126. The minimum atomic E-state index is 0.0461. The highest BCUT2D eigenvalue weighted by atomic mass is 16.2. The Morgan fingerprint density at radius 2 is 1.76 bits per heavy atom. The number of benzene rings is 1. The second-order valence-electron chi connectivity index (χ2n) is 8.59. The van der Waals surface area contributed by atoms with Gasteiger partial charge in [0.25, 0.3) is 0 Å². The number of carbonyl (C=O) groups excluding carboxylic acids is 1. The monoisotopic (exact) mass is 392 g/mol. The Morgan fingerprint density at radius 1 is 1.00 bits per heavy atom. The molecule has 5 nitrogen and oxygen atoms in total. The molecule has 2 aliphatic rings. The Labute approximate surface area is 173 Å². The smallest absolute Gasteiger partial charge is 0.225 e. The summed E-state index contributed by atoms with van der Waals surface area (Å²) in [5.41, 5.74) is 2.25. The molecule has 0 radical (unpaired) electrons. The molecule has 0 bridgehead atoms. The fourth-order valence-corrected chi connectivity index (χ4v) is 4.51.